The van der Waals surface area contributed by atoms with Crippen LogP contribution in [0.3, 0.4) is 0 Å². The summed E-state index contributed by atoms with van der Waals surface area (Å²) in [6.45, 7) is 4.16. The summed E-state index contributed by atoms with van der Waals surface area (Å²) in [5.41, 5.74) is 4.28. The van der Waals surface area contributed by atoms with Crippen LogP contribution in [0.2, 0.25) is 0 Å². The summed E-state index contributed by atoms with van der Waals surface area (Å²) >= 11 is 1.42. The van der Waals surface area contributed by atoms with E-state index >= 15 is 0 Å². The topological polar surface area (TPSA) is 72.7 Å². The average molecular weight is 408 g/mol. The third kappa shape index (κ3) is 4.67. The molecule has 2 heterocycles. The minimum absolute atomic E-state index is 0.0577. The van der Waals surface area contributed by atoms with Crippen LogP contribution in [0.15, 0.2) is 47.9 Å². The maximum atomic E-state index is 12.4. The molecule has 0 spiro atoms. The van der Waals surface area contributed by atoms with Crippen molar-refractivity contribution in [1.82, 2.24) is 25.1 Å². The molecule has 0 saturated heterocycles. The van der Waals surface area contributed by atoms with Gasteiger partial charge in [0.2, 0.25) is 5.91 Å². The first-order chi connectivity index (χ1) is 14.1. The molecule has 6 nitrogen and oxygen atoms in total. The Morgan fingerprint density at radius 3 is 2.48 bits per heavy atom. The second-order valence-electron chi connectivity index (χ2n) is 7.56. The molecule has 1 saturated carbocycles. The highest BCUT2D eigenvalue weighted by molar-refractivity contribution is 7.99. The Morgan fingerprint density at radius 2 is 1.79 bits per heavy atom. The van der Waals surface area contributed by atoms with E-state index in [9.17, 15) is 4.79 Å². The van der Waals surface area contributed by atoms with Gasteiger partial charge in [-0.2, -0.15) is 0 Å². The van der Waals surface area contributed by atoms with Crippen LogP contribution < -0.4 is 5.32 Å². The van der Waals surface area contributed by atoms with Crippen LogP contribution in [0.25, 0.3) is 17.1 Å². The number of benzene rings is 1. The van der Waals surface area contributed by atoms with Crippen molar-refractivity contribution in [3.8, 4) is 17.1 Å². The Morgan fingerprint density at radius 1 is 1.10 bits per heavy atom. The summed E-state index contributed by atoms with van der Waals surface area (Å²) in [5.74, 6) is 1.13. The van der Waals surface area contributed by atoms with E-state index in [1.165, 1.54) is 35.7 Å². The summed E-state index contributed by atoms with van der Waals surface area (Å²) in [6, 6.07) is 10.5. The monoisotopic (exact) mass is 407 g/mol. The number of thioether (sulfide) groups is 1. The molecule has 0 bridgehead atoms. The molecule has 7 heteroatoms. The maximum Gasteiger partial charge on any atom is 0.230 e. The van der Waals surface area contributed by atoms with Crippen LogP contribution in [0, 0.1) is 13.8 Å². The van der Waals surface area contributed by atoms with Crippen molar-refractivity contribution in [2.75, 3.05) is 5.75 Å². The van der Waals surface area contributed by atoms with Crippen molar-refractivity contribution in [3.05, 3.63) is 53.9 Å². The minimum Gasteiger partial charge on any atom is -0.353 e. The number of hydrogen-bond acceptors (Lipinski definition) is 5. The number of carbonyl (C=O) groups is 1. The van der Waals surface area contributed by atoms with Gasteiger partial charge in [-0.25, -0.2) is 0 Å². The number of rotatable bonds is 6. The molecular weight excluding hydrogens is 382 g/mol. The van der Waals surface area contributed by atoms with Crippen molar-refractivity contribution < 1.29 is 4.79 Å². The maximum absolute atomic E-state index is 12.4. The number of nitrogens with one attached hydrogen (secondary N) is 1. The van der Waals surface area contributed by atoms with Gasteiger partial charge in [-0.05, 0) is 62.1 Å². The zero-order valence-corrected chi connectivity index (χ0v) is 17.6. The Labute approximate surface area is 175 Å². The third-order valence-electron chi connectivity index (χ3n) is 5.09. The fourth-order valence-corrected chi connectivity index (χ4v) is 4.60. The second-order valence-corrected chi connectivity index (χ2v) is 8.50. The highest BCUT2D eigenvalue weighted by Crippen LogP contribution is 2.29. The number of amides is 1. The lowest BCUT2D eigenvalue weighted by molar-refractivity contribution is -0.119. The van der Waals surface area contributed by atoms with E-state index in [0.29, 0.717) is 17.0 Å². The summed E-state index contributed by atoms with van der Waals surface area (Å²) in [6.07, 6.45) is 8.07. The van der Waals surface area contributed by atoms with E-state index in [-0.39, 0.29) is 5.91 Å². The van der Waals surface area contributed by atoms with Gasteiger partial charge in [0.1, 0.15) is 0 Å². The van der Waals surface area contributed by atoms with Crippen LogP contribution in [-0.2, 0) is 4.79 Å². The van der Waals surface area contributed by atoms with Gasteiger partial charge < -0.3 is 5.32 Å². The first kappa shape index (κ1) is 19.6. The van der Waals surface area contributed by atoms with Crippen molar-refractivity contribution >= 4 is 17.7 Å². The number of nitrogens with zero attached hydrogens (tertiary/aromatic N) is 4. The average Bonchev–Trinajstić information content (AvgIpc) is 3.36. The van der Waals surface area contributed by atoms with Gasteiger partial charge in [-0.3, -0.25) is 14.3 Å². The molecule has 1 amide bonds. The van der Waals surface area contributed by atoms with Gasteiger partial charge in [-0.1, -0.05) is 30.7 Å². The van der Waals surface area contributed by atoms with Crippen LogP contribution in [-0.4, -0.2) is 37.5 Å². The lowest BCUT2D eigenvalue weighted by Gasteiger charge is -2.13. The number of aryl methyl sites for hydroxylation is 2. The summed E-state index contributed by atoms with van der Waals surface area (Å²) < 4.78 is 2.03. The van der Waals surface area contributed by atoms with Crippen molar-refractivity contribution in [2.24, 2.45) is 0 Å². The first-order valence-corrected chi connectivity index (χ1v) is 11.0. The number of hydrogen-bond donors (Lipinski definition) is 1. The van der Waals surface area contributed by atoms with E-state index in [1.54, 1.807) is 12.4 Å². The predicted octanol–water partition coefficient (Wildman–Crippen LogP) is 4.10. The molecule has 1 aliphatic carbocycles. The lowest BCUT2D eigenvalue weighted by atomic mass is 10.1. The molecule has 1 aromatic carbocycles. The molecule has 4 rings (SSSR count). The molecular formula is C22H25N5OS. The first-order valence-electron chi connectivity index (χ1n) is 9.97. The molecule has 1 aliphatic rings. The molecule has 3 aromatic rings. The van der Waals surface area contributed by atoms with E-state index in [0.717, 1.165) is 29.9 Å². The minimum atomic E-state index is 0.0577. The van der Waals surface area contributed by atoms with Crippen LogP contribution in [0.5, 0.6) is 0 Å². The van der Waals surface area contributed by atoms with E-state index in [4.69, 9.17) is 0 Å². The summed E-state index contributed by atoms with van der Waals surface area (Å²) in [4.78, 5) is 16.5. The van der Waals surface area contributed by atoms with E-state index in [1.807, 2.05) is 16.7 Å². The lowest BCUT2D eigenvalue weighted by Crippen LogP contribution is -2.33. The Balaban J connectivity index is 1.63. The van der Waals surface area contributed by atoms with Gasteiger partial charge in [0.25, 0.3) is 0 Å². The zero-order valence-electron chi connectivity index (χ0n) is 16.8. The SMILES string of the molecule is Cc1cc(C)cc(-n2c(SCC(=O)NC3CCCC3)nnc2-c2ccncc2)c1. The van der Waals surface area contributed by atoms with Crippen molar-refractivity contribution in [1.29, 1.82) is 0 Å². The Kier molecular flexibility index (Phi) is 5.94. The van der Waals surface area contributed by atoms with Crippen molar-refractivity contribution in [2.45, 2.75) is 50.7 Å². The third-order valence-corrected chi connectivity index (χ3v) is 6.02. The summed E-state index contributed by atoms with van der Waals surface area (Å²) in [5, 5.41) is 12.7. The standard InChI is InChI=1S/C22H25N5OS/c1-15-11-16(2)13-19(12-15)27-21(17-7-9-23-10-8-17)25-26-22(27)29-14-20(28)24-18-5-3-4-6-18/h7-13,18H,3-6,14H2,1-2H3,(H,24,28). The number of pyridine rings is 1. The molecule has 0 atom stereocenters. The molecule has 29 heavy (non-hydrogen) atoms. The van der Waals surface area contributed by atoms with Crippen LogP contribution >= 0.6 is 11.8 Å². The molecule has 2 aromatic heterocycles. The Bertz CT molecular complexity index is 975. The quantitative estimate of drug-likeness (QED) is 0.623. The van der Waals surface area contributed by atoms with Gasteiger partial charge in [0, 0.05) is 24.0 Å². The van der Waals surface area contributed by atoms with Gasteiger partial charge in [0.15, 0.2) is 11.0 Å². The molecule has 1 N–H and O–H groups in total. The molecule has 150 valence electrons. The second kappa shape index (κ2) is 8.78. The van der Waals surface area contributed by atoms with Crippen LogP contribution in [0.4, 0.5) is 0 Å². The fourth-order valence-electron chi connectivity index (χ4n) is 3.83. The normalized spacial score (nSPS) is 14.3. The molecule has 0 unspecified atom stereocenters. The summed E-state index contributed by atoms with van der Waals surface area (Å²) in [7, 11) is 0. The molecule has 0 aliphatic heterocycles. The number of carbonyl (C=O) groups excluding carboxylic acids is 1. The molecule has 1 fully saturated rings. The van der Waals surface area contributed by atoms with E-state index in [2.05, 4.69) is 52.5 Å². The number of aromatic nitrogens is 4. The van der Waals surface area contributed by atoms with Gasteiger partial charge in [-0.15, -0.1) is 10.2 Å². The van der Waals surface area contributed by atoms with Crippen LogP contribution in [0.1, 0.15) is 36.8 Å². The highest BCUT2D eigenvalue weighted by Gasteiger charge is 2.20. The zero-order chi connectivity index (χ0) is 20.2. The highest BCUT2D eigenvalue weighted by atomic mass is 32.2. The Hall–Kier alpha value is -2.67. The van der Waals surface area contributed by atoms with Gasteiger partial charge >= 0.3 is 0 Å². The predicted molar refractivity (Wildman–Crippen MR) is 115 cm³/mol. The molecule has 0 radical (unpaired) electrons. The van der Waals surface area contributed by atoms with Gasteiger partial charge in [0.05, 0.1) is 11.4 Å². The fraction of sp³-hybridized carbons (Fsp3) is 0.364. The smallest absolute Gasteiger partial charge is 0.230 e. The largest absolute Gasteiger partial charge is 0.353 e. The van der Waals surface area contributed by atoms with Crippen molar-refractivity contribution in [3.63, 3.8) is 0 Å². The van der Waals surface area contributed by atoms with E-state index < -0.39 is 0 Å².